The maximum absolute atomic E-state index is 9.46. The van der Waals surface area contributed by atoms with Gasteiger partial charge in [0, 0.05) is 0 Å². The van der Waals surface area contributed by atoms with Crippen LogP contribution in [0.3, 0.4) is 0 Å². The van der Waals surface area contributed by atoms with Crippen LogP contribution in [0.4, 0.5) is 0 Å². The smallest absolute Gasteiger partial charge is 0.402 e. The Balaban J connectivity index is 2.65. The molecular formula is C8H18B2O6. The Labute approximate surface area is 96.2 Å². The van der Waals surface area contributed by atoms with Crippen LogP contribution in [0.15, 0.2) is 0 Å². The van der Waals surface area contributed by atoms with E-state index in [1.54, 1.807) is 27.7 Å². The summed E-state index contributed by atoms with van der Waals surface area (Å²) in [4.78, 5) is 0. The lowest BCUT2D eigenvalue weighted by Crippen LogP contribution is -2.46. The van der Waals surface area contributed by atoms with Gasteiger partial charge in [0.05, 0.1) is 24.4 Å². The van der Waals surface area contributed by atoms with E-state index >= 15 is 0 Å². The first-order chi connectivity index (χ1) is 7.40. The summed E-state index contributed by atoms with van der Waals surface area (Å²) in [5.41, 5.74) is 0. The molecule has 1 saturated heterocycles. The second kappa shape index (κ2) is 6.00. The molecule has 0 aliphatic carbocycles. The summed E-state index contributed by atoms with van der Waals surface area (Å²) in [5, 5.41) is 18.9. The van der Waals surface area contributed by atoms with E-state index in [4.69, 9.17) is 18.6 Å². The lowest BCUT2D eigenvalue weighted by molar-refractivity contribution is -0.0569. The summed E-state index contributed by atoms with van der Waals surface area (Å²) in [6, 6.07) is 0. The number of rotatable bonds is 0. The van der Waals surface area contributed by atoms with Gasteiger partial charge in [0.15, 0.2) is 0 Å². The maximum atomic E-state index is 9.46. The lowest BCUT2D eigenvalue weighted by atomic mass is 10.1. The Morgan fingerprint density at radius 3 is 1.00 bits per heavy atom. The van der Waals surface area contributed by atoms with Crippen molar-refractivity contribution >= 4 is 14.6 Å². The van der Waals surface area contributed by atoms with Gasteiger partial charge in [0.2, 0.25) is 0 Å². The fourth-order valence-corrected chi connectivity index (χ4v) is 1.24. The molecule has 0 aromatic rings. The first kappa shape index (κ1) is 14.0. The first-order valence-electron chi connectivity index (χ1n) is 5.38. The third kappa shape index (κ3) is 4.04. The van der Waals surface area contributed by atoms with Crippen molar-refractivity contribution in [3.05, 3.63) is 0 Å². The normalized spacial score (nSPS) is 38.6. The maximum Gasteiger partial charge on any atom is 0.637 e. The molecule has 0 saturated carbocycles. The van der Waals surface area contributed by atoms with Crippen LogP contribution >= 0.6 is 0 Å². The van der Waals surface area contributed by atoms with Crippen molar-refractivity contribution in [1.82, 2.24) is 0 Å². The molecule has 4 atom stereocenters. The quantitative estimate of drug-likeness (QED) is 0.552. The van der Waals surface area contributed by atoms with E-state index in [-0.39, 0.29) is 0 Å². The zero-order chi connectivity index (χ0) is 12.3. The van der Waals surface area contributed by atoms with Crippen LogP contribution in [0.25, 0.3) is 0 Å². The summed E-state index contributed by atoms with van der Waals surface area (Å²) in [6.45, 7) is 6.83. The van der Waals surface area contributed by atoms with Crippen LogP contribution in [0.5, 0.6) is 0 Å². The molecular weight excluding hydrogens is 214 g/mol. The van der Waals surface area contributed by atoms with Gasteiger partial charge < -0.3 is 28.7 Å². The molecule has 92 valence electrons. The van der Waals surface area contributed by atoms with E-state index in [1.807, 2.05) is 0 Å². The summed E-state index contributed by atoms with van der Waals surface area (Å²) >= 11 is 0. The van der Waals surface area contributed by atoms with Crippen LogP contribution in [0.2, 0.25) is 0 Å². The van der Waals surface area contributed by atoms with Gasteiger partial charge in [0.25, 0.3) is 0 Å². The van der Waals surface area contributed by atoms with Crippen LogP contribution in [-0.2, 0) is 18.6 Å². The molecule has 8 heteroatoms. The van der Waals surface area contributed by atoms with Crippen LogP contribution in [0, 0.1) is 0 Å². The van der Waals surface area contributed by atoms with Crippen LogP contribution in [-0.4, -0.2) is 49.1 Å². The third-order valence-electron chi connectivity index (χ3n) is 2.65. The molecule has 4 unspecified atom stereocenters. The lowest BCUT2D eigenvalue weighted by Gasteiger charge is -2.30. The molecule has 0 amide bonds. The Morgan fingerprint density at radius 1 is 0.625 bits per heavy atom. The van der Waals surface area contributed by atoms with Crippen molar-refractivity contribution in [2.45, 2.75) is 52.1 Å². The van der Waals surface area contributed by atoms with E-state index < -0.39 is 39.1 Å². The molecule has 1 fully saturated rings. The van der Waals surface area contributed by atoms with Gasteiger partial charge in [-0.1, -0.05) is 0 Å². The highest BCUT2D eigenvalue weighted by Gasteiger charge is 2.34. The highest BCUT2D eigenvalue weighted by molar-refractivity contribution is 6.35. The highest BCUT2D eigenvalue weighted by atomic mass is 16.7. The molecule has 0 radical (unpaired) electrons. The SMILES string of the molecule is CC1OB(O)OC(C)C(C)OB(O)OC1C. The van der Waals surface area contributed by atoms with E-state index in [0.29, 0.717) is 0 Å². The van der Waals surface area contributed by atoms with Crippen molar-refractivity contribution in [2.75, 3.05) is 0 Å². The van der Waals surface area contributed by atoms with Crippen molar-refractivity contribution in [3.8, 4) is 0 Å². The minimum Gasteiger partial charge on any atom is -0.402 e. The monoisotopic (exact) mass is 232 g/mol. The largest absolute Gasteiger partial charge is 0.637 e. The Hall–Kier alpha value is -0.110. The van der Waals surface area contributed by atoms with Gasteiger partial charge in [-0.05, 0) is 27.7 Å². The molecule has 0 aromatic heterocycles. The minimum absolute atomic E-state index is 0.422. The summed E-state index contributed by atoms with van der Waals surface area (Å²) in [7, 11) is -2.64. The average molecular weight is 232 g/mol. The molecule has 1 aliphatic rings. The van der Waals surface area contributed by atoms with E-state index in [0.717, 1.165) is 0 Å². The second-order valence-corrected chi connectivity index (χ2v) is 3.98. The zero-order valence-electron chi connectivity index (χ0n) is 9.99. The van der Waals surface area contributed by atoms with Gasteiger partial charge in [-0.2, -0.15) is 0 Å². The average Bonchev–Trinajstić information content (AvgIpc) is 2.15. The van der Waals surface area contributed by atoms with Gasteiger partial charge in [0.1, 0.15) is 0 Å². The fraction of sp³-hybridized carbons (Fsp3) is 1.00. The molecule has 0 aromatic carbocycles. The van der Waals surface area contributed by atoms with Gasteiger partial charge in [-0.15, -0.1) is 0 Å². The van der Waals surface area contributed by atoms with Gasteiger partial charge in [-0.25, -0.2) is 0 Å². The summed E-state index contributed by atoms with van der Waals surface area (Å²) in [6.07, 6.45) is -1.69. The molecule has 6 nitrogen and oxygen atoms in total. The van der Waals surface area contributed by atoms with Gasteiger partial charge in [-0.3, -0.25) is 0 Å². The standard InChI is InChI=1S/C8H18B2O6/c1-5-6(2)14-10(12)16-8(4)7(3)15-9(11)13-5/h5-8,11-12H,1-4H3. The minimum atomic E-state index is -1.32. The molecule has 1 aliphatic heterocycles. The van der Waals surface area contributed by atoms with E-state index in [9.17, 15) is 10.0 Å². The van der Waals surface area contributed by atoms with Crippen molar-refractivity contribution < 1.29 is 28.7 Å². The first-order valence-corrected chi connectivity index (χ1v) is 5.38. The third-order valence-corrected chi connectivity index (χ3v) is 2.65. The van der Waals surface area contributed by atoms with E-state index in [1.165, 1.54) is 0 Å². The highest BCUT2D eigenvalue weighted by Crippen LogP contribution is 2.13. The summed E-state index contributed by atoms with van der Waals surface area (Å²) < 4.78 is 20.6. The number of hydrogen-bond acceptors (Lipinski definition) is 6. The van der Waals surface area contributed by atoms with Crippen LogP contribution < -0.4 is 0 Å². The molecule has 1 heterocycles. The van der Waals surface area contributed by atoms with E-state index in [2.05, 4.69) is 0 Å². The topological polar surface area (TPSA) is 77.4 Å². The Bertz CT molecular complexity index is 177. The van der Waals surface area contributed by atoms with Crippen molar-refractivity contribution in [2.24, 2.45) is 0 Å². The molecule has 2 N–H and O–H groups in total. The number of hydrogen-bond donors (Lipinski definition) is 2. The van der Waals surface area contributed by atoms with Crippen LogP contribution in [0.1, 0.15) is 27.7 Å². The fourth-order valence-electron chi connectivity index (χ4n) is 1.24. The Kier molecular flexibility index (Phi) is 5.23. The van der Waals surface area contributed by atoms with Crippen molar-refractivity contribution in [1.29, 1.82) is 0 Å². The molecule has 16 heavy (non-hydrogen) atoms. The zero-order valence-corrected chi connectivity index (χ0v) is 9.99. The second-order valence-electron chi connectivity index (χ2n) is 3.98. The molecule has 0 spiro atoms. The predicted octanol–water partition coefficient (Wildman–Crippen LogP) is -0.425. The van der Waals surface area contributed by atoms with Gasteiger partial charge >= 0.3 is 14.6 Å². The molecule has 1 rings (SSSR count). The van der Waals surface area contributed by atoms with Crippen molar-refractivity contribution in [3.63, 3.8) is 0 Å². The molecule has 0 bridgehead atoms. The summed E-state index contributed by atoms with van der Waals surface area (Å²) in [5.74, 6) is 0. The predicted molar refractivity (Wildman–Crippen MR) is 58.1 cm³/mol. The Morgan fingerprint density at radius 2 is 0.812 bits per heavy atom.